The van der Waals surface area contributed by atoms with Crippen molar-refractivity contribution in [3.8, 4) is 0 Å². The van der Waals surface area contributed by atoms with Crippen LogP contribution in [0, 0.1) is 5.92 Å². The fourth-order valence-electron chi connectivity index (χ4n) is 6.53. The molecule has 2 bridgehead atoms. The van der Waals surface area contributed by atoms with E-state index in [0.717, 1.165) is 5.92 Å². The van der Waals surface area contributed by atoms with Crippen LogP contribution >= 0.6 is 0 Å². The molecule has 3 atom stereocenters. The zero-order valence-corrected chi connectivity index (χ0v) is 14.7. The lowest BCUT2D eigenvalue weighted by Gasteiger charge is -2.37. The summed E-state index contributed by atoms with van der Waals surface area (Å²) in [5.74, 6) is 2.14. The number of hydrogen-bond acceptors (Lipinski definition) is 1. The molecule has 0 radical (unpaired) electrons. The van der Waals surface area contributed by atoms with Crippen molar-refractivity contribution < 1.29 is 0 Å². The number of allylic oxidation sites excluding steroid dienone is 1. The Morgan fingerprint density at radius 3 is 2.48 bits per heavy atom. The van der Waals surface area contributed by atoms with Gasteiger partial charge in [0.2, 0.25) is 0 Å². The van der Waals surface area contributed by atoms with E-state index in [1.807, 2.05) is 0 Å². The van der Waals surface area contributed by atoms with Gasteiger partial charge in [-0.15, -0.1) is 0 Å². The minimum absolute atomic E-state index is 0.358. The van der Waals surface area contributed by atoms with Gasteiger partial charge < -0.3 is 4.90 Å². The molecule has 1 heterocycles. The second-order valence-corrected chi connectivity index (χ2v) is 8.90. The summed E-state index contributed by atoms with van der Waals surface area (Å²) in [6.07, 6.45) is 3.83. The van der Waals surface area contributed by atoms with E-state index in [9.17, 15) is 0 Å². The third-order valence-electron chi connectivity index (χ3n) is 7.47. The summed E-state index contributed by atoms with van der Waals surface area (Å²) in [5.41, 5.74) is 8.31. The number of likely N-dealkylation sites (tertiary alicyclic amines) is 1. The van der Waals surface area contributed by atoms with Gasteiger partial charge in [-0.05, 0) is 47.4 Å². The van der Waals surface area contributed by atoms with Crippen LogP contribution in [0.3, 0.4) is 0 Å². The summed E-state index contributed by atoms with van der Waals surface area (Å²) in [4.78, 5) is 2.78. The molecule has 1 saturated carbocycles. The molecule has 0 N–H and O–H groups in total. The summed E-state index contributed by atoms with van der Waals surface area (Å²) in [5, 5.41) is 0. The van der Waals surface area contributed by atoms with Crippen LogP contribution < -0.4 is 0 Å². The molecule has 3 unspecified atom stereocenters. The minimum atomic E-state index is 0.358. The molecule has 25 heavy (non-hydrogen) atoms. The molecular weight excluding hydrogens is 302 g/mol. The van der Waals surface area contributed by atoms with E-state index in [1.165, 1.54) is 44.5 Å². The monoisotopic (exact) mass is 327 g/mol. The Hall–Kier alpha value is -1.86. The van der Waals surface area contributed by atoms with Gasteiger partial charge in [0.15, 0.2) is 0 Å². The Morgan fingerprint density at radius 1 is 0.960 bits per heavy atom. The van der Waals surface area contributed by atoms with Crippen molar-refractivity contribution in [3.63, 3.8) is 0 Å². The molecule has 1 aliphatic heterocycles. The molecular formula is C24H25N. The van der Waals surface area contributed by atoms with E-state index in [2.05, 4.69) is 60.0 Å². The van der Waals surface area contributed by atoms with Crippen LogP contribution in [0.2, 0.25) is 0 Å². The molecule has 0 aromatic heterocycles. The molecule has 6 rings (SSSR count). The smallest absolute Gasteiger partial charge is 0.0173 e. The summed E-state index contributed by atoms with van der Waals surface area (Å²) in [6, 6.07) is 18.6. The predicted molar refractivity (Wildman–Crippen MR) is 102 cm³/mol. The molecule has 2 aromatic carbocycles. The third-order valence-corrected chi connectivity index (χ3v) is 7.47. The highest BCUT2D eigenvalue weighted by Gasteiger charge is 2.58. The van der Waals surface area contributed by atoms with Gasteiger partial charge in [-0.1, -0.05) is 60.7 Å². The maximum atomic E-state index is 4.13. The Morgan fingerprint density at radius 2 is 1.68 bits per heavy atom. The van der Waals surface area contributed by atoms with Crippen LogP contribution in [0.15, 0.2) is 60.7 Å². The SMILES string of the molecule is C=C1CC(CN2CC3c4ccccc4C4CC3(C2)c2ccccc24)C1. The van der Waals surface area contributed by atoms with Gasteiger partial charge >= 0.3 is 0 Å². The largest absolute Gasteiger partial charge is 0.301 e. The number of hydrogen-bond donors (Lipinski definition) is 0. The Balaban J connectivity index is 1.45. The number of nitrogens with zero attached hydrogens (tertiary/aromatic N) is 1. The Bertz CT molecular complexity index is 862. The van der Waals surface area contributed by atoms with E-state index in [4.69, 9.17) is 0 Å². The topological polar surface area (TPSA) is 3.24 Å². The lowest BCUT2D eigenvalue weighted by Crippen LogP contribution is -2.36. The zero-order chi connectivity index (χ0) is 16.6. The fourth-order valence-corrected chi connectivity index (χ4v) is 6.53. The zero-order valence-electron chi connectivity index (χ0n) is 14.7. The molecule has 1 heteroatoms. The highest BCUT2D eigenvalue weighted by Crippen LogP contribution is 2.63. The van der Waals surface area contributed by atoms with Crippen molar-refractivity contribution >= 4 is 0 Å². The first-order valence-corrected chi connectivity index (χ1v) is 9.82. The molecule has 1 spiro atoms. The van der Waals surface area contributed by atoms with Crippen LogP contribution in [0.1, 0.15) is 53.4 Å². The van der Waals surface area contributed by atoms with Gasteiger partial charge in [0.25, 0.3) is 0 Å². The summed E-state index contributed by atoms with van der Waals surface area (Å²) < 4.78 is 0. The quantitative estimate of drug-likeness (QED) is 0.714. The molecule has 126 valence electrons. The van der Waals surface area contributed by atoms with Gasteiger partial charge in [0, 0.05) is 36.9 Å². The lowest BCUT2D eigenvalue weighted by molar-refractivity contribution is 0.232. The molecule has 2 fully saturated rings. The Labute approximate surface area is 150 Å². The number of fused-ring (bicyclic) bond motifs is 3. The summed E-state index contributed by atoms with van der Waals surface area (Å²) >= 11 is 0. The van der Waals surface area contributed by atoms with Crippen LogP contribution in [-0.2, 0) is 5.41 Å². The van der Waals surface area contributed by atoms with Crippen molar-refractivity contribution in [1.29, 1.82) is 0 Å². The van der Waals surface area contributed by atoms with Gasteiger partial charge in [0.1, 0.15) is 0 Å². The highest BCUT2D eigenvalue weighted by atomic mass is 15.2. The van der Waals surface area contributed by atoms with Crippen molar-refractivity contribution in [3.05, 3.63) is 82.9 Å². The normalized spacial score (nSPS) is 32.9. The fraction of sp³-hybridized carbons (Fsp3) is 0.417. The van der Waals surface area contributed by atoms with E-state index >= 15 is 0 Å². The maximum absolute atomic E-state index is 4.13. The Kier molecular flexibility index (Phi) is 2.78. The van der Waals surface area contributed by atoms with Gasteiger partial charge in [-0.25, -0.2) is 0 Å². The van der Waals surface area contributed by atoms with Gasteiger partial charge in [-0.3, -0.25) is 0 Å². The maximum Gasteiger partial charge on any atom is 0.0173 e. The van der Waals surface area contributed by atoms with E-state index < -0.39 is 0 Å². The second kappa shape index (κ2) is 4.86. The standard InChI is InChI=1S/C24H25N/c1-16-10-17(11-16)13-25-14-23-19-7-3-2-6-18(19)21-12-24(23,15-25)22-9-5-4-8-20(21)22/h2-9,17,21,23H,1,10-15H2. The summed E-state index contributed by atoms with van der Waals surface area (Å²) in [6.45, 7) is 7.89. The van der Waals surface area contributed by atoms with Crippen molar-refractivity contribution in [2.24, 2.45) is 5.92 Å². The first kappa shape index (κ1) is 14.3. The van der Waals surface area contributed by atoms with Crippen LogP contribution in [0.4, 0.5) is 0 Å². The van der Waals surface area contributed by atoms with Gasteiger partial charge in [0.05, 0.1) is 0 Å². The molecule has 3 aliphatic carbocycles. The van der Waals surface area contributed by atoms with Crippen molar-refractivity contribution in [1.82, 2.24) is 4.90 Å². The molecule has 2 aromatic rings. The average Bonchev–Trinajstić information content (AvgIpc) is 3.12. The third kappa shape index (κ3) is 1.83. The molecule has 1 saturated heterocycles. The van der Waals surface area contributed by atoms with E-state index in [1.54, 1.807) is 22.3 Å². The molecule has 1 nitrogen and oxygen atoms in total. The first-order valence-electron chi connectivity index (χ1n) is 9.82. The van der Waals surface area contributed by atoms with E-state index in [0.29, 0.717) is 17.3 Å². The second-order valence-electron chi connectivity index (χ2n) is 8.90. The van der Waals surface area contributed by atoms with Crippen molar-refractivity contribution in [2.75, 3.05) is 19.6 Å². The van der Waals surface area contributed by atoms with Crippen LogP contribution in [0.25, 0.3) is 0 Å². The van der Waals surface area contributed by atoms with E-state index in [-0.39, 0.29) is 0 Å². The molecule has 4 aliphatic rings. The van der Waals surface area contributed by atoms with Crippen LogP contribution in [-0.4, -0.2) is 24.5 Å². The summed E-state index contributed by atoms with van der Waals surface area (Å²) in [7, 11) is 0. The van der Waals surface area contributed by atoms with Gasteiger partial charge in [-0.2, -0.15) is 0 Å². The lowest BCUT2D eigenvalue weighted by atomic mass is 9.65. The predicted octanol–water partition coefficient (Wildman–Crippen LogP) is 4.84. The minimum Gasteiger partial charge on any atom is -0.301 e. The number of rotatable bonds is 2. The average molecular weight is 327 g/mol. The number of benzene rings is 2. The van der Waals surface area contributed by atoms with Crippen LogP contribution in [0.5, 0.6) is 0 Å². The van der Waals surface area contributed by atoms with Crippen molar-refractivity contribution in [2.45, 2.75) is 36.5 Å². The molecule has 0 amide bonds. The highest BCUT2D eigenvalue weighted by molar-refractivity contribution is 5.58. The first-order chi connectivity index (χ1) is 12.2.